The Balaban J connectivity index is 2.58. The lowest BCUT2D eigenvalue weighted by Gasteiger charge is -2.08. The maximum Gasteiger partial charge on any atom is 0.432 e. The van der Waals surface area contributed by atoms with Crippen molar-refractivity contribution in [2.24, 2.45) is 0 Å². The fourth-order valence-corrected chi connectivity index (χ4v) is 1.78. The van der Waals surface area contributed by atoms with Crippen LogP contribution in [0.15, 0.2) is 29.1 Å². The van der Waals surface area contributed by atoms with Crippen molar-refractivity contribution in [3.05, 3.63) is 51.4 Å². The zero-order valence-corrected chi connectivity index (χ0v) is 9.80. The number of hydrogen-bond acceptors (Lipinski definition) is 1. The van der Waals surface area contributed by atoms with Crippen molar-refractivity contribution in [1.82, 2.24) is 9.78 Å². The van der Waals surface area contributed by atoms with Crippen LogP contribution in [-0.2, 0) is 6.18 Å². The van der Waals surface area contributed by atoms with Crippen LogP contribution in [0.4, 0.5) is 13.2 Å². The first-order valence-electron chi connectivity index (χ1n) is 5.26. The van der Waals surface area contributed by atoms with E-state index in [9.17, 15) is 18.0 Å². The Hall–Kier alpha value is -1.98. The molecule has 0 amide bonds. The van der Waals surface area contributed by atoms with Gasteiger partial charge in [0.15, 0.2) is 0 Å². The Labute approximate surface area is 101 Å². The summed E-state index contributed by atoms with van der Waals surface area (Å²) >= 11 is 0. The van der Waals surface area contributed by atoms with Gasteiger partial charge in [-0.05, 0) is 25.5 Å². The van der Waals surface area contributed by atoms with Gasteiger partial charge in [0.2, 0.25) is 0 Å². The Morgan fingerprint density at radius 3 is 2.33 bits per heavy atom. The third-order valence-corrected chi connectivity index (χ3v) is 2.62. The molecule has 0 aliphatic carbocycles. The molecule has 0 spiro atoms. The monoisotopic (exact) mass is 256 g/mol. The van der Waals surface area contributed by atoms with Gasteiger partial charge in [0, 0.05) is 6.07 Å². The highest BCUT2D eigenvalue weighted by atomic mass is 19.4. The van der Waals surface area contributed by atoms with Gasteiger partial charge in [0.25, 0.3) is 5.56 Å². The number of nitrogens with zero attached hydrogens (tertiary/aromatic N) is 1. The number of hydrogen-bond donors (Lipinski definition) is 1. The summed E-state index contributed by atoms with van der Waals surface area (Å²) in [7, 11) is 0. The minimum Gasteiger partial charge on any atom is -0.286 e. The van der Waals surface area contributed by atoms with E-state index in [1.165, 1.54) is 0 Å². The molecule has 0 atom stereocenters. The molecule has 0 radical (unpaired) electrons. The van der Waals surface area contributed by atoms with E-state index < -0.39 is 17.4 Å². The number of alkyl halides is 3. The molecule has 3 nitrogen and oxygen atoms in total. The van der Waals surface area contributed by atoms with E-state index in [1.807, 2.05) is 6.92 Å². The molecule has 1 heterocycles. The predicted molar refractivity (Wildman–Crippen MR) is 60.9 cm³/mol. The molecule has 0 aliphatic heterocycles. The molecular formula is C12H11F3N2O. The second-order valence-corrected chi connectivity index (χ2v) is 4.13. The molecule has 96 valence electrons. The SMILES string of the molecule is Cc1ccc(-n2[nH]c(C(F)(F)F)cc2=O)c(C)c1. The molecule has 18 heavy (non-hydrogen) atoms. The lowest BCUT2D eigenvalue weighted by Crippen LogP contribution is -2.14. The Kier molecular flexibility index (Phi) is 2.80. The van der Waals surface area contributed by atoms with Crippen molar-refractivity contribution in [2.75, 3.05) is 0 Å². The van der Waals surface area contributed by atoms with Crippen LogP contribution in [0.1, 0.15) is 16.8 Å². The number of aryl methyl sites for hydroxylation is 2. The van der Waals surface area contributed by atoms with Gasteiger partial charge >= 0.3 is 6.18 Å². The van der Waals surface area contributed by atoms with Gasteiger partial charge < -0.3 is 0 Å². The average Bonchev–Trinajstić information content (AvgIpc) is 2.60. The second kappa shape index (κ2) is 4.04. The van der Waals surface area contributed by atoms with Crippen molar-refractivity contribution >= 4 is 0 Å². The van der Waals surface area contributed by atoms with Gasteiger partial charge in [-0.3, -0.25) is 9.89 Å². The van der Waals surface area contributed by atoms with Crippen LogP contribution < -0.4 is 5.56 Å². The summed E-state index contributed by atoms with van der Waals surface area (Å²) in [4.78, 5) is 11.6. The minimum atomic E-state index is -4.55. The fraction of sp³-hybridized carbons (Fsp3) is 0.250. The molecular weight excluding hydrogens is 245 g/mol. The molecule has 0 saturated heterocycles. The summed E-state index contributed by atoms with van der Waals surface area (Å²) in [5.41, 5.74) is 0.349. The standard InChI is InChI=1S/C12H11F3N2O/c1-7-3-4-9(8(2)5-7)17-11(18)6-10(16-17)12(13,14)15/h3-6,16H,1-2H3. The number of rotatable bonds is 1. The van der Waals surface area contributed by atoms with E-state index in [4.69, 9.17) is 0 Å². The molecule has 0 aliphatic rings. The highest BCUT2D eigenvalue weighted by molar-refractivity contribution is 5.42. The smallest absolute Gasteiger partial charge is 0.286 e. The lowest BCUT2D eigenvalue weighted by atomic mass is 10.1. The Bertz CT molecular complexity index is 638. The highest BCUT2D eigenvalue weighted by Crippen LogP contribution is 2.27. The topological polar surface area (TPSA) is 37.8 Å². The first-order chi connectivity index (χ1) is 8.29. The highest BCUT2D eigenvalue weighted by Gasteiger charge is 2.33. The van der Waals surface area contributed by atoms with Gasteiger partial charge in [0.05, 0.1) is 5.69 Å². The van der Waals surface area contributed by atoms with Crippen LogP contribution in [0, 0.1) is 13.8 Å². The van der Waals surface area contributed by atoms with E-state index in [0.717, 1.165) is 15.8 Å². The van der Waals surface area contributed by atoms with Gasteiger partial charge in [0.1, 0.15) is 5.69 Å². The number of benzene rings is 1. The number of aromatic amines is 1. The van der Waals surface area contributed by atoms with Gasteiger partial charge in [-0.15, -0.1) is 0 Å². The van der Waals surface area contributed by atoms with Gasteiger partial charge in [-0.1, -0.05) is 17.7 Å². The summed E-state index contributed by atoms with van der Waals surface area (Å²) in [5.74, 6) is 0. The normalized spacial score (nSPS) is 11.8. The largest absolute Gasteiger partial charge is 0.432 e. The summed E-state index contributed by atoms with van der Waals surface area (Å²) in [5, 5.41) is 2.08. The number of nitrogens with one attached hydrogen (secondary N) is 1. The summed E-state index contributed by atoms with van der Waals surface area (Å²) in [6, 6.07) is 5.71. The third kappa shape index (κ3) is 2.18. The van der Waals surface area contributed by atoms with E-state index in [2.05, 4.69) is 5.10 Å². The Morgan fingerprint density at radius 1 is 1.17 bits per heavy atom. The number of halogens is 3. The fourth-order valence-electron chi connectivity index (χ4n) is 1.78. The zero-order valence-electron chi connectivity index (χ0n) is 9.80. The van der Waals surface area contributed by atoms with Crippen molar-refractivity contribution in [1.29, 1.82) is 0 Å². The molecule has 0 saturated carbocycles. The van der Waals surface area contributed by atoms with E-state index in [1.54, 1.807) is 25.1 Å². The van der Waals surface area contributed by atoms with Crippen molar-refractivity contribution in [2.45, 2.75) is 20.0 Å². The van der Waals surface area contributed by atoms with Crippen LogP contribution in [0.3, 0.4) is 0 Å². The van der Waals surface area contributed by atoms with Crippen molar-refractivity contribution in [3.63, 3.8) is 0 Å². The van der Waals surface area contributed by atoms with Gasteiger partial charge in [-0.2, -0.15) is 13.2 Å². The molecule has 2 aromatic rings. The maximum atomic E-state index is 12.5. The molecule has 0 unspecified atom stereocenters. The van der Waals surface area contributed by atoms with Crippen LogP contribution in [0.25, 0.3) is 5.69 Å². The van der Waals surface area contributed by atoms with E-state index in [0.29, 0.717) is 11.8 Å². The average molecular weight is 256 g/mol. The van der Waals surface area contributed by atoms with Crippen LogP contribution in [0.5, 0.6) is 0 Å². The summed E-state index contributed by atoms with van der Waals surface area (Å²) in [6.45, 7) is 3.61. The molecule has 6 heteroatoms. The molecule has 1 aromatic heterocycles. The van der Waals surface area contributed by atoms with Crippen LogP contribution in [-0.4, -0.2) is 9.78 Å². The number of aromatic nitrogens is 2. The van der Waals surface area contributed by atoms with E-state index >= 15 is 0 Å². The first kappa shape index (κ1) is 12.5. The van der Waals surface area contributed by atoms with Crippen LogP contribution in [0.2, 0.25) is 0 Å². The minimum absolute atomic E-state index is 0.418. The molecule has 2 rings (SSSR count). The molecule has 1 aromatic carbocycles. The summed E-state index contributed by atoms with van der Waals surface area (Å²) in [6.07, 6.45) is -4.55. The van der Waals surface area contributed by atoms with Crippen molar-refractivity contribution in [3.8, 4) is 5.69 Å². The van der Waals surface area contributed by atoms with Crippen LogP contribution >= 0.6 is 0 Å². The molecule has 0 bridgehead atoms. The maximum absolute atomic E-state index is 12.5. The second-order valence-electron chi connectivity index (χ2n) is 4.13. The van der Waals surface area contributed by atoms with Gasteiger partial charge in [-0.25, -0.2) is 4.68 Å². The number of H-pyrrole nitrogens is 1. The first-order valence-corrected chi connectivity index (χ1v) is 5.26. The zero-order chi connectivity index (χ0) is 13.5. The van der Waals surface area contributed by atoms with E-state index in [-0.39, 0.29) is 0 Å². The Morgan fingerprint density at radius 2 is 1.83 bits per heavy atom. The van der Waals surface area contributed by atoms with Crippen molar-refractivity contribution < 1.29 is 13.2 Å². The molecule has 1 N–H and O–H groups in total. The third-order valence-electron chi connectivity index (χ3n) is 2.62. The predicted octanol–water partition coefficient (Wildman–Crippen LogP) is 2.80. The lowest BCUT2D eigenvalue weighted by molar-refractivity contribution is -0.141. The molecule has 0 fully saturated rings. The summed E-state index contributed by atoms with van der Waals surface area (Å²) < 4.78 is 38.3. The quantitative estimate of drug-likeness (QED) is 0.837.